The number of nitrogens with zero attached hydrogens (tertiary/aromatic N) is 2. The van der Waals surface area contributed by atoms with Gasteiger partial charge in [0.2, 0.25) is 0 Å². The number of aliphatic carboxylic acids is 2. The topological polar surface area (TPSA) is 107 Å². The lowest BCUT2D eigenvalue weighted by Gasteiger charge is -2.31. The summed E-state index contributed by atoms with van der Waals surface area (Å²) in [6.07, 6.45) is 1.23. The fourth-order valence-corrected chi connectivity index (χ4v) is 1.29. The van der Waals surface area contributed by atoms with E-state index in [0.29, 0.717) is 10.9 Å². The lowest BCUT2D eigenvalue weighted by molar-refractivity contribution is -0.864. The van der Waals surface area contributed by atoms with Crippen LogP contribution in [0.5, 0.6) is 0 Å². The Hall–Kier alpha value is -1.18. The highest BCUT2D eigenvalue weighted by Crippen LogP contribution is 2.11. The zero-order valence-corrected chi connectivity index (χ0v) is 12.8. The first-order valence-corrected chi connectivity index (χ1v) is 6.06. The monoisotopic (exact) mass is 277 g/mol. The minimum Gasteiger partial charge on any atom is -0.544 e. The van der Waals surface area contributed by atoms with E-state index >= 15 is 0 Å². The molecule has 3 N–H and O–H groups in total. The predicted octanol–water partition coefficient (Wildman–Crippen LogP) is -1.47. The molecule has 0 bridgehead atoms. The summed E-state index contributed by atoms with van der Waals surface area (Å²) in [5, 5.41) is 18.7. The number of carboxylic acids is 2. The average Bonchev–Trinajstić information content (AvgIpc) is 2.13. The van der Waals surface area contributed by atoms with Gasteiger partial charge < -0.3 is 25.2 Å². The SMILES string of the molecule is CCCC(N)(C(=O)O)N(C)C.C[N+](C)(C)CC(=O)[O-]. The molecule has 0 saturated heterocycles. The first kappa shape index (κ1) is 20.1. The maximum absolute atomic E-state index is 10.7. The predicted molar refractivity (Wildman–Crippen MR) is 71.1 cm³/mol. The molecule has 0 spiro atoms. The van der Waals surface area contributed by atoms with Crippen molar-refractivity contribution in [2.45, 2.75) is 25.4 Å². The van der Waals surface area contributed by atoms with Crippen LogP contribution in [-0.2, 0) is 9.59 Å². The van der Waals surface area contributed by atoms with Crippen molar-refractivity contribution in [1.29, 1.82) is 0 Å². The number of carboxylic acid groups (broad SMARTS) is 2. The molecular weight excluding hydrogens is 250 g/mol. The van der Waals surface area contributed by atoms with E-state index in [4.69, 9.17) is 10.8 Å². The van der Waals surface area contributed by atoms with Gasteiger partial charge >= 0.3 is 5.97 Å². The molecule has 0 aromatic rings. The molecule has 1 unspecified atom stereocenters. The van der Waals surface area contributed by atoms with Gasteiger partial charge in [-0.05, 0) is 20.5 Å². The van der Waals surface area contributed by atoms with E-state index < -0.39 is 17.6 Å². The Morgan fingerprint density at radius 1 is 1.32 bits per heavy atom. The summed E-state index contributed by atoms with van der Waals surface area (Å²) in [7, 11) is 8.75. The summed E-state index contributed by atoms with van der Waals surface area (Å²) >= 11 is 0. The third-order valence-corrected chi connectivity index (χ3v) is 2.40. The van der Waals surface area contributed by atoms with Crippen molar-refractivity contribution in [1.82, 2.24) is 4.90 Å². The molecule has 0 aliphatic heterocycles. The van der Waals surface area contributed by atoms with Crippen molar-refractivity contribution in [3.8, 4) is 0 Å². The van der Waals surface area contributed by atoms with Crippen LogP contribution in [0.1, 0.15) is 19.8 Å². The summed E-state index contributed by atoms with van der Waals surface area (Å²) in [5.41, 5.74) is 4.42. The molecule has 7 nitrogen and oxygen atoms in total. The smallest absolute Gasteiger partial charge is 0.338 e. The van der Waals surface area contributed by atoms with Gasteiger partial charge in [0.15, 0.2) is 5.66 Å². The van der Waals surface area contributed by atoms with Gasteiger partial charge in [0.1, 0.15) is 6.54 Å². The number of rotatable bonds is 6. The Balaban J connectivity index is 0. The third-order valence-electron chi connectivity index (χ3n) is 2.40. The van der Waals surface area contributed by atoms with Crippen molar-refractivity contribution in [3.05, 3.63) is 0 Å². The van der Waals surface area contributed by atoms with Crippen molar-refractivity contribution < 1.29 is 24.3 Å². The molecule has 0 fully saturated rings. The molecule has 1 atom stereocenters. The van der Waals surface area contributed by atoms with Gasteiger partial charge in [-0.25, -0.2) is 4.79 Å². The van der Waals surface area contributed by atoms with Crippen LogP contribution in [0.15, 0.2) is 0 Å². The Kier molecular flexibility index (Phi) is 8.57. The summed E-state index contributed by atoms with van der Waals surface area (Å²) in [5.74, 6) is -1.97. The molecular formula is C12H27N3O4. The second-order valence-corrected chi connectivity index (χ2v) is 5.69. The highest BCUT2D eigenvalue weighted by Gasteiger charge is 2.35. The molecule has 0 aliphatic rings. The second kappa shape index (κ2) is 8.08. The number of quaternary nitrogens is 1. The molecule has 0 rings (SSSR count). The first-order chi connectivity index (χ1) is 8.36. The highest BCUT2D eigenvalue weighted by molar-refractivity contribution is 5.77. The molecule has 114 valence electrons. The molecule has 0 saturated carbocycles. The maximum Gasteiger partial charge on any atom is 0.338 e. The van der Waals surface area contributed by atoms with Crippen LogP contribution in [0.3, 0.4) is 0 Å². The van der Waals surface area contributed by atoms with Crippen LogP contribution in [-0.4, -0.2) is 73.9 Å². The van der Waals surface area contributed by atoms with Crippen LogP contribution < -0.4 is 10.8 Å². The molecule has 0 amide bonds. The van der Waals surface area contributed by atoms with Gasteiger partial charge in [-0.1, -0.05) is 13.3 Å². The number of likely N-dealkylation sites (N-methyl/N-ethyl adjacent to an activating group) is 2. The second-order valence-electron chi connectivity index (χ2n) is 5.69. The Morgan fingerprint density at radius 3 is 1.79 bits per heavy atom. The summed E-state index contributed by atoms with van der Waals surface area (Å²) < 4.78 is 0.419. The number of hydrogen-bond acceptors (Lipinski definition) is 5. The van der Waals surface area contributed by atoms with E-state index in [9.17, 15) is 14.7 Å². The molecule has 0 aromatic heterocycles. The maximum atomic E-state index is 10.7. The van der Waals surface area contributed by atoms with E-state index in [1.165, 1.54) is 4.90 Å². The van der Waals surface area contributed by atoms with Crippen molar-refractivity contribution in [3.63, 3.8) is 0 Å². The zero-order chi connectivity index (χ0) is 15.9. The van der Waals surface area contributed by atoms with Gasteiger partial charge in [-0.15, -0.1) is 0 Å². The minimum atomic E-state index is -1.20. The Bertz CT molecular complexity index is 300. The van der Waals surface area contributed by atoms with Gasteiger partial charge in [-0.2, -0.15) is 0 Å². The number of nitrogens with two attached hydrogens (primary N) is 1. The van der Waals surface area contributed by atoms with Crippen molar-refractivity contribution in [2.75, 3.05) is 41.8 Å². The van der Waals surface area contributed by atoms with Gasteiger partial charge in [0.25, 0.3) is 0 Å². The standard InChI is InChI=1S/C7H16N2O2.C5H11NO2/c1-4-5-7(8,6(10)11)9(2)3;1-6(2,3)4-5(7)8/h4-5,8H2,1-3H3,(H,10,11);4H2,1-3H3. The molecule has 0 heterocycles. The highest BCUT2D eigenvalue weighted by atomic mass is 16.4. The van der Waals surface area contributed by atoms with Crippen LogP contribution >= 0.6 is 0 Å². The van der Waals surface area contributed by atoms with Crippen molar-refractivity contribution >= 4 is 11.9 Å². The van der Waals surface area contributed by atoms with E-state index in [1.54, 1.807) is 35.2 Å². The van der Waals surface area contributed by atoms with Crippen molar-refractivity contribution in [2.24, 2.45) is 5.73 Å². The normalized spacial score (nSPS) is 14.3. The van der Waals surface area contributed by atoms with E-state index in [1.807, 2.05) is 6.92 Å². The molecule has 0 aliphatic carbocycles. The van der Waals surface area contributed by atoms with E-state index in [-0.39, 0.29) is 6.54 Å². The lowest BCUT2D eigenvalue weighted by Crippen LogP contribution is -2.58. The summed E-state index contributed by atoms with van der Waals surface area (Å²) in [6, 6.07) is 0. The molecule has 7 heteroatoms. The van der Waals surface area contributed by atoms with Crippen LogP contribution in [0.25, 0.3) is 0 Å². The molecule has 19 heavy (non-hydrogen) atoms. The third kappa shape index (κ3) is 9.40. The fraction of sp³-hybridized carbons (Fsp3) is 0.833. The van der Waals surface area contributed by atoms with Crippen LogP contribution in [0.4, 0.5) is 0 Å². The number of carbonyl (C=O) groups is 2. The van der Waals surface area contributed by atoms with E-state index in [0.717, 1.165) is 6.42 Å². The number of carbonyl (C=O) groups excluding carboxylic acids is 1. The molecule has 0 aromatic carbocycles. The number of hydrogen-bond donors (Lipinski definition) is 2. The quantitative estimate of drug-likeness (QED) is 0.453. The van der Waals surface area contributed by atoms with Gasteiger partial charge in [-0.3, -0.25) is 4.90 Å². The average molecular weight is 277 g/mol. The van der Waals surface area contributed by atoms with Crippen LogP contribution in [0, 0.1) is 0 Å². The fourth-order valence-electron chi connectivity index (χ4n) is 1.29. The van der Waals surface area contributed by atoms with Gasteiger partial charge in [0.05, 0.1) is 27.1 Å². The molecule has 0 radical (unpaired) electrons. The first-order valence-electron chi connectivity index (χ1n) is 6.06. The largest absolute Gasteiger partial charge is 0.544 e. The minimum absolute atomic E-state index is 0.0694. The van der Waals surface area contributed by atoms with Gasteiger partial charge in [0, 0.05) is 0 Å². The summed E-state index contributed by atoms with van der Waals surface area (Å²) in [6.45, 7) is 1.98. The Labute approximate surface area is 115 Å². The lowest BCUT2D eigenvalue weighted by atomic mass is 10.0. The van der Waals surface area contributed by atoms with Crippen LogP contribution in [0.2, 0.25) is 0 Å². The Morgan fingerprint density at radius 2 is 1.74 bits per heavy atom. The zero-order valence-electron chi connectivity index (χ0n) is 12.8. The summed E-state index contributed by atoms with van der Waals surface area (Å²) in [4.78, 5) is 22.1. The van der Waals surface area contributed by atoms with E-state index in [2.05, 4.69) is 0 Å².